The van der Waals surface area contributed by atoms with Crippen LogP contribution in [0.3, 0.4) is 0 Å². The molecule has 0 unspecified atom stereocenters. The van der Waals surface area contributed by atoms with Gasteiger partial charge < -0.3 is 10.8 Å². The molecule has 0 aliphatic carbocycles. The molecule has 0 amide bonds. The maximum atomic E-state index is 10.4. The molecule has 16 heavy (non-hydrogen) atoms. The number of nitrogens with two attached hydrogens (primary N) is 1. The Morgan fingerprint density at radius 3 is 2.62 bits per heavy atom. The summed E-state index contributed by atoms with van der Waals surface area (Å²) in [5.74, 6) is -0.284. The van der Waals surface area contributed by atoms with Crippen molar-refractivity contribution in [3.63, 3.8) is 0 Å². The van der Waals surface area contributed by atoms with Gasteiger partial charge in [-0.15, -0.1) is 0 Å². The molecule has 0 bridgehead atoms. The van der Waals surface area contributed by atoms with Crippen LogP contribution >= 0.6 is 0 Å². The van der Waals surface area contributed by atoms with Crippen molar-refractivity contribution in [3.8, 4) is 0 Å². The van der Waals surface area contributed by atoms with Crippen LogP contribution in [0.5, 0.6) is 0 Å². The molecule has 0 saturated carbocycles. The zero-order valence-corrected chi connectivity index (χ0v) is 9.86. The first-order chi connectivity index (χ1) is 7.50. The molecule has 0 atom stereocenters. The number of rotatable bonds is 5. The number of anilines is 1. The highest BCUT2D eigenvalue weighted by Crippen LogP contribution is 2.21. The Morgan fingerprint density at radius 2 is 2.12 bits per heavy atom. The number of hydrogen-bond donors (Lipinski definition) is 2. The second kappa shape index (κ2) is 5.54. The molecule has 1 aromatic rings. The van der Waals surface area contributed by atoms with Gasteiger partial charge >= 0.3 is 5.97 Å². The van der Waals surface area contributed by atoms with Gasteiger partial charge in [0.25, 0.3) is 0 Å². The smallest absolute Gasteiger partial charge is 0.303 e. The second-order valence-corrected chi connectivity index (χ2v) is 4.36. The molecular weight excluding hydrogens is 202 g/mol. The zero-order valence-electron chi connectivity index (χ0n) is 9.86. The average Bonchev–Trinajstić information content (AvgIpc) is 2.19. The third kappa shape index (κ3) is 3.57. The number of carboxylic acid groups (broad SMARTS) is 1. The Kier molecular flexibility index (Phi) is 4.35. The Hall–Kier alpha value is -1.51. The SMILES string of the molecule is CC(C)c1ccc(CCCC(=O)O)c(N)c1. The molecular formula is C13H19NO2. The van der Waals surface area contributed by atoms with Gasteiger partial charge in [-0.25, -0.2) is 0 Å². The molecule has 0 fully saturated rings. The van der Waals surface area contributed by atoms with Crippen LogP contribution < -0.4 is 5.73 Å². The number of aryl methyl sites for hydroxylation is 1. The van der Waals surface area contributed by atoms with Gasteiger partial charge in [-0.2, -0.15) is 0 Å². The van der Waals surface area contributed by atoms with E-state index in [1.165, 1.54) is 5.56 Å². The normalized spacial score (nSPS) is 10.7. The van der Waals surface area contributed by atoms with Crippen LogP contribution in [0.1, 0.15) is 43.7 Å². The van der Waals surface area contributed by atoms with Crippen LogP contribution in [0.2, 0.25) is 0 Å². The highest BCUT2D eigenvalue weighted by atomic mass is 16.4. The van der Waals surface area contributed by atoms with Gasteiger partial charge in [0.05, 0.1) is 0 Å². The highest BCUT2D eigenvalue weighted by Gasteiger charge is 2.05. The monoisotopic (exact) mass is 221 g/mol. The first kappa shape index (κ1) is 12.6. The van der Waals surface area contributed by atoms with E-state index >= 15 is 0 Å². The number of aliphatic carboxylic acids is 1. The van der Waals surface area contributed by atoms with Crippen LogP contribution in [-0.4, -0.2) is 11.1 Å². The molecule has 1 aromatic carbocycles. The summed E-state index contributed by atoms with van der Waals surface area (Å²) in [7, 11) is 0. The van der Waals surface area contributed by atoms with Crippen LogP contribution in [0, 0.1) is 0 Å². The zero-order chi connectivity index (χ0) is 12.1. The molecule has 0 radical (unpaired) electrons. The van der Waals surface area contributed by atoms with Crippen molar-refractivity contribution < 1.29 is 9.90 Å². The molecule has 0 heterocycles. The maximum absolute atomic E-state index is 10.4. The van der Waals surface area contributed by atoms with E-state index in [0.717, 1.165) is 17.7 Å². The number of nitrogen functional groups attached to an aromatic ring is 1. The van der Waals surface area contributed by atoms with Gasteiger partial charge in [-0.3, -0.25) is 4.79 Å². The fourth-order valence-corrected chi connectivity index (χ4v) is 1.63. The minimum Gasteiger partial charge on any atom is -0.481 e. The Balaban J connectivity index is 2.64. The van der Waals surface area contributed by atoms with E-state index in [9.17, 15) is 4.79 Å². The Bertz CT molecular complexity index is 372. The fraction of sp³-hybridized carbons (Fsp3) is 0.462. The summed E-state index contributed by atoms with van der Waals surface area (Å²) in [6.07, 6.45) is 1.57. The van der Waals surface area contributed by atoms with Crippen molar-refractivity contribution in [2.75, 3.05) is 5.73 Å². The number of benzene rings is 1. The quantitative estimate of drug-likeness (QED) is 0.751. The molecule has 0 spiro atoms. The van der Waals surface area contributed by atoms with E-state index in [1.54, 1.807) is 0 Å². The lowest BCUT2D eigenvalue weighted by molar-refractivity contribution is -0.137. The molecule has 1 rings (SSSR count). The van der Waals surface area contributed by atoms with Crippen molar-refractivity contribution in [3.05, 3.63) is 29.3 Å². The average molecular weight is 221 g/mol. The van der Waals surface area contributed by atoms with E-state index in [2.05, 4.69) is 19.9 Å². The van der Waals surface area contributed by atoms with Crippen molar-refractivity contribution in [1.82, 2.24) is 0 Å². The summed E-state index contributed by atoms with van der Waals surface area (Å²) in [6.45, 7) is 4.25. The summed E-state index contributed by atoms with van der Waals surface area (Å²) < 4.78 is 0. The predicted molar refractivity (Wildman–Crippen MR) is 65.5 cm³/mol. The third-order valence-electron chi connectivity index (χ3n) is 2.67. The second-order valence-electron chi connectivity index (χ2n) is 4.36. The number of carboxylic acids is 1. The van der Waals surface area contributed by atoms with Gasteiger partial charge in [-0.1, -0.05) is 26.0 Å². The van der Waals surface area contributed by atoms with E-state index < -0.39 is 5.97 Å². The van der Waals surface area contributed by atoms with Gasteiger partial charge in [-0.05, 0) is 36.0 Å². The fourth-order valence-electron chi connectivity index (χ4n) is 1.63. The lowest BCUT2D eigenvalue weighted by atomic mass is 9.98. The molecule has 0 saturated heterocycles. The molecule has 3 nitrogen and oxygen atoms in total. The summed E-state index contributed by atoms with van der Waals surface area (Å²) in [4.78, 5) is 10.4. The van der Waals surface area contributed by atoms with Crippen LogP contribution in [-0.2, 0) is 11.2 Å². The largest absolute Gasteiger partial charge is 0.481 e. The minimum atomic E-state index is -0.752. The van der Waals surface area contributed by atoms with Gasteiger partial charge in [0.15, 0.2) is 0 Å². The van der Waals surface area contributed by atoms with E-state index in [0.29, 0.717) is 12.3 Å². The van der Waals surface area contributed by atoms with E-state index in [-0.39, 0.29) is 6.42 Å². The molecule has 3 N–H and O–H groups in total. The van der Waals surface area contributed by atoms with Crippen molar-refractivity contribution in [2.45, 2.75) is 39.0 Å². The lowest BCUT2D eigenvalue weighted by Gasteiger charge is -2.10. The first-order valence-electron chi connectivity index (χ1n) is 5.60. The van der Waals surface area contributed by atoms with Crippen molar-refractivity contribution in [1.29, 1.82) is 0 Å². The molecule has 3 heteroatoms. The number of hydrogen-bond acceptors (Lipinski definition) is 2. The minimum absolute atomic E-state index is 0.200. The van der Waals surface area contributed by atoms with Gasteiger partial charge in [0.1, 0.15) is 0 Å². The summed E-state index contributed by atoms with van der Waals surface area (Å²) in [5, 5.41) is 8.55. The van der Waals surface area contributed by atoms with Crippen LogP contribution in [0.15, 0.2) is 18.2 Å². The van der Waals surface area contributed by atoms with Crippen LogP contribution in [0.25, 0.3) is 0 Å². The topological polar surface area (TPSA) is 63.3 Å². The molecule has 0 aliphatic rings. The molecule has 88 valence electrons. The van der Waals surface area contributed by atoms with Crippen LogP contribution in [0.4, 0.5) is 5.69 Å². The summed E-state index contributed by atoms with van der Waals surface area (Å²) >= 11 is 0. The van der Waals surface area contributed by atoms with Gasteiger partial charge in [0, 0.05) is 12.1 Å². The van der Waals surface area contributed by atoms with Crippen molar-refractivity contribution in [2.24, 2.45) is 0 Å². The standard InChI is InChI=1S/C13H19NO2/c1-9(2)11-7-6-10(12(14)8-11)4-3-5-13(15)16/h6-9H,3-5,14H2,1-2H3,(H,15,16). The number of carbonyl (C=O) groups is 1. The lowest BCUT2D eigenvalue weighted by Crippen LogP contribution is -2.00. The Labute approximate surface area is 96.3 Å². The van der Waals surface area contributed by atoms with Crippen molar-refractivity contribution >= 4 is 11.7 Å². The first-order valence-corrected chi connectivity index (χ1v) is 5.60. The summed E-state index contributed by atoms with van der Waals surface area (Å²) in [6, 6.07) is 6.06. The predicted octanol–water partition coefficient (Wildman–Crippen LogP) is 2.80. The van der Waals surface area contributed by atoms with Gasteiger partial charge in [0.2, 0.25) is 0 Å². The maximum Gasteiger partial charge on any atom is 0.303 e. The van der Waals surface area contributed by atoms with E-state index in [4.69, 9.17) is 10.8 Å². The third-order valence-corrected chi connectivity index (χ3v) is 2.67. The molecule has 0 aliphatic heterocycles. The van der Waals surface area contributed by atoms with E-state index in [1.807, 2.05) is 12.1 Å². The summed E-state index contributed by atoms with van der Waals surface area (Å²) in [5.41, 5.74) is 8.97. The Morgan fingerprint density at radius 1 is 1.44 bits per heavy atom. The highest BCUT2D eigenvalue weighted by molar-refractivity contribution is 5.66. The molecule has 0 aromatic heterocycles.